The van der Waals surface area contributed by atoms with Crippen molar-refractivity contribution in [3.8, 4) is 22.3 Å². The van der Waals surface area contributed by atoms with Crippen LogP contribution in [0.4, 0.5) is 0 Å². The Kier molecular flexibility index (Phi) is 2.25. The van der Waals surface area contributed by atoms with Crippen LogP contribution < -0.4 is 0 Å². The Balaban J connectivity index is 1.81. The van der Waals surface area contributed by atoms with E-state index in [1.54, 1.807) is 0 Å². The fourth-order valence-electron chi connectivity index (χ4n) is 2.95. The van der Waals surface area contributed by atoms with E-state index >= 15 is 0 Å². The molecule has 1 aliphatic heterocycles. The van der Waals surface area contributed by atoms with Crippen molar-refractivity contribution in [3.05, 3.63) is 48.0 Å². The van der Waals surface area contributed by atoms with Gasteiger partial charge in [0.05, 0.1) is 6.61 Å². The molecule has 0 radical (unpaired) electrons. The van der Waals surface area contributed by atoms with Crippen LogP contribution in [0.2, 0.25) is 0 Å². The molecule has 0 N–H and O–H groups in total. The van der Waals surface area contributed by atoms with Gasteiger partial charge in [-0.05, 0) is 40.7 Å². The molecular weight excluding hydrogens is 224 g/mol. The van der Waals surface area contributed by atoms with Crippen molar-refractivity contribution in [2.24, 2.45) is 0 Å². The van der Waals surface area contributed by atoms with E-state index in [1.807, 2.05) is 0 Å². The Labute approximate surface area is 106 Å². The Bertz CT molecular complexity index is 598. The Hall–Kier alpha value is -1.64. The summed E-state index contributed by atoms with van der Waals surface area (Å²) in [5.41, 5.74) is 6.66. The highest BCUT2D eigenvalue weighted by atomic mass is 17.2. The maximum Gasteiger partial charge on any atom is 0.119 e. The van der Waals surface area contributed by atoms with Crippen LogP contribution in [0.15, 0.2) is 42.5 Å². The number of hydrogen-bond donors (Lipinski definition) is 0. The topological polar surface area (TPSA) is 18.5 Å². The van der Waals surface area contributed by atoms with Gasteiger partial charge in [-0.2, -0.15) is 0 Å². The van der Waals surface area contributed by atoms with Crippen molar-refractivity contribution in [1.82, 2.24) is 0 Å². The molecule has 2 aliphatic rings. The summed E-state index contributed by atoms with van der Waals surface area (Å²) in [6, 6.07) is 15.0. The molecule has 2 aromatic carbocycles. The van der Waals surface area contributed by atoms with Crippen LogP contribution in [0, 0.1) is 0 Å². The van der Waals surface area contributed by atoms with E-state index < -0.39 is 0 Å². The van der Waals surface area contributed by atoms with Crippen molar-refractivity contribution in [3.63, 3.8) is 0 Å². The van der Waals surface area contributed by atoms with E-state index in [0.717, 1.165) is 12.8 Å². The van der Waals surface area contributed by atoms with Crippen LogP contribution >= 0.6 is 0 Å². The van der Waals surface area contributed by atoms with Crippen molar-refractivity contribution in [2.75, 3.05) is 6.61 Å². The first kappa shape index (κ1) is 10.3. The molecule has 1 atom stereocenters. The van der Waals surface area contributed by atoms with E-state index in [-0.39, 0.29) is 6.10 Å². The number of benzene rings is 2. The highest BCUT2D eigenvalue weighted by molar-refractivity contribution is 6.03. The monoisotopic (exact) mass is 238 g/mol. The van der Waals surface area contributed by atoms with Crippen molar-refractivity contribution in [2.45, 2.75) is 18.9 Å². The van der Waals surface area contributed by atoms with E-state index in [9.17, 15) is 0 Å². The molecule has 0 spiro atoms. The predicted molar refractivity (Wildman–Crippen MR) is 69.9 cm³/mol. The van der Waals surface area contributed by atoms with E-state index in [0.29, 0.717) is 6.61 Å². The smallest absolute Gasteiger partial charge is 0.119 e. The maximum atomic E-state index is 5.45. The lowest BCUT2D eigenvalue weighted by atomic mass is 9.76. The molecule has 0 amide bonds. The van der Waals surface area contributed by atoms with Gasteiger partial charge in [-0.15, -0.1) is 0 Å². The summed E-state index contributed by atoms with van der Waals surface area (Å²) in [4.78, 5) is 10.6. The van der Waals surface area contributed by atoms with Crippen LogP contribution in [0.25, 0.3) is 22.3 Å². The molecule has 4 rings (SSSR count). The van der Waals surface area contributed by atoms with Gasteiger partial charge in [-0.3, -0.25) is 0 Å². The first-order valence-corrected chi connectivity index (χ1v) is 6.46. The molecule has 1 unspecified atom stereocenters. The fourth-order valence-corrected chi connectivity index (χ4v) is 2.95. The highest BCUT2D eigenvalue weighted by Gasteiger charge is 2.29. The maximum absolute atomic E-state index is 5.45. The summed E-state index contributed by atoms with van der Waals surface area (Å²) in [7, 11) is 0. The van der Waals surface area contributed by atoms with Crippen LogP contribution in [0.1, 0.15) is 24.5 Å². The summed E-state index contributed by atoms with van der Waals surface area (Å²) in [5.74, 6) is 0. The molecule has 1 aliphatic carbocycles. The first-order valence-electron chi connectivity index (χ1n) is 6.46. The lowest BCUT2D eigenvalue weighted by Crippen LogP contribution is -2.15. The standard InChI is InChI=1S/C16H14O2/c1-2-6-12-11(5-1)13-7-3-8-14(16(12)13)15-9-4-10-17-18-15/h1-3,5-8,15H,4,9-10H2. The Morgan fingerprint density at radius 2 is 1.72 bits per heavy atom. The van der Waals surface area contributed by atoms with Crippen molar-refractivity contribution >= 4 is 0 Å². The van der Waals surface area contributed by atoms with Gasteiger partial charge in [0, 0.05) is 0 Å². The number of hydrogen-bond acceptors (Lipinski definition) is 2. The molecular formula is C16H14O2. The lowest BCUT2D eigenvalue weighted by molar-refractivity contribution is -0.347. The number of rotatable bonds is 1. The van der Waals surface area contributed by atoms with Gasteiger partial charge in [0.2, 0.25) is 0 Å². The van der Waals surface area contributed by atoms with E-state index in [2.05, 4.69) is 42.5 Å². The average Bonchev–Trinajstić information content (AvgIpc) is 2.45. The Morgan fingerprint density at radius 1 is 0.889 bits per heavy atom. The van der Waals surface area contributed by atoms with Crippen molar-refractivity contribution < 1.29 is 9.78 Å². The first-order chi connectivity index (χ1) is 8.95. The molecule has 1 fully saturated rings. The molecule has 2 heteroatoms. The molecule has 0 saturated carbocycles. The van der Waals surface area contributed by atoms with Gasteiger partial charge in [0.15, 0.2) is 0 Å². The fraction of sp³-hybridized carbons (Fsp3) is 0.250. The minimum absolute atomic E-state index is 0.0852. The second kappa shape index (κ2) is 3.94. The minimum atomic E-state index is 0.0852. The summed E-state index contributed by atoms with van der Waals surface area (Å²) in [6.45, 7) is 0.710. The van der Waals surface area contributed by atoms with Gasteiger partial charge in [-0.1, -0.05) is 42.5 Å². The molecule has 90 valence electrons. The molecule has 18 heavy (non-hydrogen) atoms. The zero-order valence-corrected chi connectivity index (χ0v) is 10.1. The molecule has 1 heterocycles. The average molecular weight is 238 g/mol. The Morgan fingerprint density at radius 3 is 2.56 bits per heavy atom. The largest absolute Gasteiger partial charge is 0.236 e. The third-order valence-electron chi connectivity index (χ3n) is 3.81. The third kappa shape index (κ3) is 1.36. The molecule has 1 saturated heterocycles. The minimum Gasteiger partial charge on any atom is -0.236 e. The quantitative estimate of drug-likeness (QED) is 0.594. The van der Waals surface area contributed by atoms with E-state index in [1.165, 1.54) is 27.8 Å². The summed E-state index contributed by atoms with van der Waals surface area (Å²) < 4.78 is 0. The second-order valence-corrected chi connectivity index (χ2v) is 4.86. The molecule has 0 bridgehead atoms. The van der Waals surface area contributed by atoms with Crippen LogP contribution in [0.3, 0.4) is 0 Å². The lowest BCUT2D eigenvalue weighted by Gasteiger charge is -2.30. The van der Waals surface area contributed by atoms with Gasteiger partial charge in [0.1, 0.15) is 6.10 Å². The summed E-state index contributed by atoms with van der Waals surface area (Å²) >= 11 is 0. The van der Waals surface area contributed by atoms with Gasteiger partial charge in [-0.25, -0.2) is 9.78 Å². The van der Waals surface area contributed by atoms with Crippen LogP contribution in [-0.2, 0) is 9.78 Å². The van der Waals surface area contributed by atoms with Gasteiger partial charge in [0.25, 0.3) is 0 Å². The normalized spacial score (nSPS) is 20.8. The van der Waals surface area contributed by atoms with E-state index in [4.69, 9.17) is 9.78 Å². The highest BCUT2D eigenvalue weighted by Crippen LogP contribution is 2.51. The predicted octanol–water partition coefficient (Wildman–Crippen LogP) is 4.12. The SMILES string of the molecule is c1ccc2c(c1)-c1cccc(C3CCCOO3)c1-2. The molecule has 0 aromatic heterocycles. The number of fused-ring (bicyclic) bond motifs is 4. The summed E-state index contributed by atoms with van der Waals surface area (Å²) in [6.07, 6.45) is 2.19. The third-order valence-corrected chi connectivity index (χ3v) is 3.81. The van der Waals surface area contributed by atoms with Gasteiger partial charge < -0.3 is 0 Å². The van der Waals surface area contributed by atoms with Crippen LogP contribution in [-0.4, -0.2) is 6.61 Å². The van der Waals surface area contributed by atoms with Crippen molar-refractivity contribution in [1.29, 1.82) is 0 Å². The second-order valence-electron chi connectivity index (χ2n) is 4.86. The molecule has 2 nitrogen and oxygen atoms in total. The van der Waals surface area contributed by atoms with Crippen LogP contribution in [0.5, 0.6) is 0 Å². The summed E-state index contributed by atoms with van der Waals surface area (Å²) in [5, 5.41) is 0. The van der Waals surface area contributed by atoms with Gasteiger partial charge >= 0.3 is 0 Å². The zero-order chi connectivity index (χ0) is 11.9. The zero-order valence-electron chi connectivity index (χ0n) is 10.1. The molecule has 2 aromatic rings.